The van der Waals surface area contributed by atoms with Crippen molar-refractivity contribution in [1.82, 2.24) is 9.62 Å². The van der Waals surface area contributed by atoms with Crippen LogP contribution in [0.1, 0.15) is 26.7 Å². The van der Waals surface area contributed by atoms with Crippen LogP contribution in [0.3, 0.4) is 0 Å². The third-order valence-corrected chi connectivity index (χ3v) is 5.46. The highest BCUT2D eigenvalue weighted by molar-refractivity contribution is 7.89. The summed E-state index contributed by atoms with van der Waals surface area (Å²) in [6.07, 6.45) is 1.29. The van der Waals surface area contributed by atoms with Crippen molar-refractivity contribution in [2.45, 2.75) is 37.6 Å². The van der Waals surface area contributed by atoms with Crippen molar-refractivity contribution >= 4 is 15.9 Å². The Kier molecular flexibility index (Phi) is 5.00. The van der Waals surface area contributed by atoms with Crippen LogP contribution in [-0.2, 0) is 14.8 Å². The van der Waals surface area contributed by atoms with Crippen LogP contribution < -0.4 is 5.32 Å². The Morgan fingerprint density at radius 1 is 1.33 bits per heavy atom. The van der Waals surface area contributed by atoms with Gasteiger partial charge in [-0.25, -0.2) is 8.42 Å². The first-order valence-electron chi connectivity index (χ1n) is 7.27. The summed E-state index contributed by atoms with van der Waals surface area (Å²) in [5.74, 6) is 0.148. The number of hydrogen-bond donors (Lipinski definition) is 1. The number of amides is 1. The zero-order valence-electron chi connectivity index (χ0n) is 12.5. The van der Waals surface area contributed by atoms with Gasteiger partial charge in [0, 0.05) is 13.1 Å². The lowest BCUT2D eigenvalue weighted by atomic mass is 10.2. The molecule has 0 saturated carbocycles. The fourth-order valence-corrected chi connectivity index (χ4v) is 4.12. The molecule has 6 heteroatoms. The summed E-state index contributed by atoms with van der Waals surface area (Å²) < 4.78 is 26.6. The van der Waals surface area contributed by atoms with E-state index in [1.165, 1.54) is 4.31 Å². The van der Waals surface area contributed by atoms with Crippen molar-refractivity contribution in [1.29, 1.82) is 0 Å². The molecule has 0 aromatic heterocycles. The van der Waals surface area contributed by atoms with Crippen LogP contribution in [0, 0.1) is 5.92 Å². The Hall–Kier alpha value is -1.40. The first kappa shape index (κ1) is 16.0. The maximum atomic E-state index is 12.6. The van der Waals surface area contributed by atoms with E-state index in [4.69, 9.17) is 0 Å². The number of hydrogen-bond acceptors (Lipinski definition) is 3. The van der Waals surface area contributed by atoms with Crippen molar-refractivity contribution < 1.29 is 13.2 Å². The molecular formula is C15H22N2O3S. The lowest BCUT2D eigenvalue weighted by Gasteiger charge is -2.23. The van der Waals surface area contributed by atoms with Gasteiger partial charge in [-0.15, -0.1) is 0 Å². The predicted octanol–water partition coefficient (Wildman–Crippen LogP) is 1.61. The zero-order valence-corrected chi connectivity index (χ0v) is 13.3. The van der Waals surface area contributed by atoms with E-state index < -0.39 is 16.1 Å². The molecule has 0 bridgehead atoms. The molecule has 0 aliphatic carbocycles. The fraction of sp³-hybridized carbons (Fsp3) is 0.533. The van der Waals surface area contributed by atoms with Crippen LogP contribution in [0.4, 0.5) is 0 Å². The number of carbonyl (C=O) groups excluding carboxylic acids is 1. The van der Waals surface area contributed by atoms with Crippen LogP contribution >= 0.6 is 0 Å². The lowest BCUT2D eigenvalue weighted by Crippen LogP contribution is -2.46. The molecule has 1 amide bonds. The summed E-state index contributed by atoms with van der Waals surface area (Å²) in [6, 6.07) is 7.70. The molecule has 5 nitrogen and oxygen atoms in total. The van der Waals surface area contributed by atoms with Crippen LogP contribution in [0.25, 0.3) is 0 Å². The predicted molar refractivity (Wildman–Crippen MR) is 81.2 cm³/mol. The minimum Gasteiger partial charge on any atom is -0.354 e. The normalized spacial score (nSPS) is 19.9. The van der Waals surface area contributed by atoms with E-state index in [-0.39, 0.29) is 10.8 Å². The SMILES string of the molecule is CC(C)CNC(=O)C1CCCN1S(=O)(=O)c1ccccc1. The van der Waals surface area contributed by atoms with Gasteiger partial charge in [-0.1, -0.05) is 32.0 Å². The Balaban J connectivity index is 2.17. The van der Waals surface area contributed by atoms with E-state index in [2.05, 4.69) is 5.32 Å². The Morgan fingerprint density at radius 2 is 2.00 bits per heavy atom. The molecule has 1 aliphatic rings. The number of nitrogens with zero attached hydrogens (tertiary/aromatic N) is 1. The van der Waals surface area contributed by atoms with Crippen LogP contribution in [-0.4, -0.2) is 37.8 Å². The molecule has 1 unspecified atom stereocenters. The third-order valence-electron chi connectivity index (χ3n) is 3.54. The van der Waals surface area contributed by atoms with Gasteiger partial charge < -0.3 is 5.32 Å². The highest BCUT2D eigenvalue weighted by Gasteiger charge is 2.39. The summed E-state index contributed by atoms with van der Waals surface area (Å²) in [5.41, 5.74) is 0. The molecule has 0 radical (unpaired) electrons. The third kappa shape index (κ3) is 3.63. The number of nitrogens with one attached hydrogen (secondary N) is 1. The minimum atomic E-state index is -3.60. The van der Waals surface area contributed by atoms with Crippen molar-refractivity contribution in [3.63, 3.8) is 0 Å². The molecule has 1 heterocycles. The van der Waals surface area contributed by atoms with Crippen LogP contribution in [0.5, 0.6) is 0 Å². The Morgan fingerprint density at radius 3 is 2.62 bits per heavy atom. The molecule has 1 aliphatic heterocycles. The standard InChI is InChI=1S/C15H22N2O3S/c1-12(2)11-16-15(18)14-9-6-10-17(14)21(19,20)13-7-4-3-5-8-13/h3-5,7-8,12,14H,6,9-11H2,1-2H3,(H,16,18). The second kappa shape index (κ2) is 6.58. The van der Waals surface area contributed by atoms with E-state index in [1.807, 2.05) is 13.8 Å². The van der Waals surface area contributed by atoms with Crippen molar-refractivity contribution in [2.75, 3.05) is 13.1 Å². The molecular weight excluding hydrogens is 288 g/mol. The highest BCUT2D eigenvalue weighted by Crippen LogP contribution is 2.26. The number of benzene rings is 1. The van der Waals surface area contributed by atoms with Crippen LogP contribution in [0.15, 0.2) is 35.2 Å². The maximum absolute atomic E-state index is 12.6. The van der Waals surface area contributed by atoms with E-state index >= 15 is 0 Å². The molecule has 2 rings (SSSR count). The van der Waals surface area contributed by atoms with Gasteiger partial charge in [0.15, 0.2) is 0 Å². The topological polar surface area (TPSA) is 66.5 Å². The molecule has 1 aromatic carbocycles. The fourth-order valence-electron chi connectivity index (χ4n) is 2.44. The summed E-state index contributed by atoms with van der Waals surface area (Å²) in [6.45, 7) is 4.98. The maximum Gasteiger partial charge on any atom is 0.243 e. The average molecular weight is 310 g/mol. The molecule has 1 fully saturated rings. The van der Waals surface area contributed by atoms with Gasteiger partial charge in [0.25, 0.3) is 0 Å². The smallest absolute Gasteiger partial charge is 0.243 e. The molecule has 1 aromatic rings. The summed E-state index contributed by atoms with van der Waals surface area (Å²) >= 11 is 0. The van der Waals surface area contributed by atoms with Crippen molar-refractivity contribution in [3.8, 4) is 0 Å². The summed E-state index contributed by atoms with van der Waals surface area (Å²) in [5, 5.41) is 2.83. The van der Waals surface area contributed by atoms with Gasteiger partial charge >= 0.3 is 0 Å². The van der Waals surface area contributed by atoms with Gasteiger partial charge in [0.1, 0.15) is 6.04 Å². The zero-order chi connectivity index (χ0) is 15.5. The second-order valence-corrected chi connectivity index (χ2v) is 7.62. The molecule has 21 heavy (non-hydrogen) atoms. The van der Waals surface area contributed by atoms with E-state index in [0.29, 0.717) is 31.8 Å². The molecule has 116 valence electrons. The van der Waals surface area contributed by atoms with Crippen molar-refractivity contribution in [3.05, 3.63) is 30.3 Å². The van der Waals surface area contributed by atoms with Gasteiger partial charge in [0.2, 0.25) is 15.9 Å². The van der Waals surface area contributed by atoms with Crippen LogP contribution in [0.2, 0.25) is 0 Å². The van der Waals surface area contributed by atoms with Gasteiger partial charge in [0.05, 0.1) is 4.90 Å². The first-order chi connectivity index (χ1) is 9.93. The number of rotatable bonds is 5. The number of carbonyl (C=O) groups is 1. The van der Waals surface area contributed by atoms with Gasteiger partial charge in [-0.2, -0.15) is 4.31 Å². The van der Waals surface area contributed by atoms with Gasteiger partial charge in [-0.3, -0.25) is 4.79 Å². The lowest BCUT2D eigenvalue weighted by molar-refractivity contribution is -0.124. The van der Waals surface area contributed by atoms with E-state index in [0.717, 1.165) is 0 Å². The molecule has 1 saturated heterocycles. The summed E-state index contributed by atoms with van der Waals surface area (Å²) in [7, 11) is -3.60. The van der Waals surface area contributed by atoms with Crippen molar-refractivity contribution in [2.24, 2.45) is 5.92 Å². The first-order valence-corrected chi connectivity index (χ1v) is 8.71. The second-order valence-electron chi connectivity index (χ2n) is 5.73. The van der Waals surface area contributed by atoms with E-state index in [1.54, 1.807) is 30.3 Å². The molecule has 0 spiro atoms. The highest BCUT2D eigenvalue weighted by atomic mass is 32.2. The quantitative estimate of drug-likeness (QED) is 0.898. The Labute approximate surface area is 126 Å². The Bertz CT molecular complexity index is 584. The molecule has 1 atom stereocenters. The summed E-state index contributed by atoms with van der Waals surface area (Å²) in [4.78, 5) is 12.5. The average Bonchev–Trinajstić information content (AvgIpc) is 2.96. The largest absolute Gasteiger partial charge is 0.354 e. The molecule has 1 N–H and O–H groups in total. The van der Waals surface area contributed by atoms with Gasteiger partial charge in [-0.05, 0) is 30.9 Å². The van der Waals surface area contributed by atoms with E-state index in [9.17, 15) is 13.2 Å². The minimum absolute atomic E-state index is 0.194. The number of sulfonamides is 1. The monoisotopic (exact) mass is 310 g/mol.